The summed E-state index contributed by atoms with van der Waals surface area (Å²) in [6.45, 7) is 14.1. The molecule has 15 rings (SSSR count). The van der Waals surface area contributed by atoms with Crippen molar-refractivity contribution in [1.82, 2.24) is 49.3 Å². The number of nitrogens with zero attached hydrogens (tertiary/aromatic N) is 16. The maximum atomic E-state index is 14.2. The number of benzene rings is 3. The van der Waals surface area contributed by atoms with Gasteiger partial charge in [0.2, 0.25) is 0 Å². The van der Waals surface area contributed by atoms with Crippen LogP contribution in [0.3, 0.4) is 0 Å². The van der Waals surface area contributed by atoms with Crippen molar-refractivity contribution in [2.24, 2.45) is 0 Å². The number of carbonyl (C=O) groups excluding carboxylic acids is 3. The van der Waals surface area contributed by atoms with E-state index in [1.807, 2.05) is 57.0 Å². The molecule has 0 N–H and O–H groups in total. The Labute approximate surface area is 562 Å². The number of aromatic nitrogens is 4. The summed E-state index contributed by atoms with van der Waals surface area (Å²) in [6.07, 6.45) is 21.7. The summed E-state index contributed by atoms with van der Waals surface area (Å²) < 4.78 is 42.6. The Bertz CT molecular complexity index is 3460. The number of piperidine rings is 6. The van der Waals surface area contributed by atoms with E-state index in [0.29, 0.717) is 37.8 Å². The van der Waals surface area contributed by atoms with Crippen LogP contribution < -0.4 is 29.4 Å². The predicted octanol–water partition coefficient (Wildman–Crippen LogP) is 10.6. The minimum atomic E-state index is -0.220. The SMILES string of the molecule is CN(C)C(=O)N1CC2(CCN(C3CCN(c4ccccn4)CC3)CC2)c2cc(F)ccc21.CN(C)C(=O)N1CC2(CCN(C3CCN(c4cncnc4)CC3)CC2)c2cc(F)ccc21.CN(C)C(=O)N1CC2(CCN(C3CCN(c4nccs4)CC3)CC2)c2cc(F)ccc21. The standard InChI is InChI=1S/C25H32FN5O.C24H31FN6O.C23H30FN5OS/c1-28(2)24(32)31-18-25(21-17-19(26)6-7-22(21)31)10-15-29(16-11-25)20-8-13-30(14-9-20)23-5-3-4-12-27-23;1-28(2)23(32)31-16-24(21-13-18(25)3-4-22(21)31)7-11-30(12-8-24)19-5-9-29(10-6-19)20-14-26-17-27-15-20;1-26(2)22(30)29-16-23(19-15-17(24)3-4-20(19)29)7-12-27(13-8-23)18-5-10-28(11-6-18)21-25-9-14-31-21/h3-7,12,17,20H,8-11,13-16,18H2,1-2H3;3-4,13-15,17,19H,5-12,16H2,1-2H3;3-4,9,14-15,18H,5-8,10-13,16H2,1-2H3. The molecule has 19 nitrogen and oxygen atoms in total. The highest BCUT2D eigenvalue weighted by Gasteiger charge is 2.51. The van der Waals surface area contributed by atoms with Crippen LogP contribution in [0.5, 0.6) is 0 Å². The highest BCUT2D eigenvalue weighted by molar-refractivity contribution is 7.13. The van der Waals surface area contributed by atoms with E-state index >= 15 is 0 Å². The van der Waals surface area contributed by atoms with Crippen molar-refractivity contribution in [3.8, 4) is 0 Å². The van der Waals surface area contributed by atoms with Gasteiger partial charge in [-0.3, -0.25) is 14.7 Å². The Morgan fingerprint density at radius 2 is 0.821 bits per heavy atom. The molecule has 3 spiro atoms. The topological polar surface area (TPSA) is 142 Å². The van der Waals surface area contributed by atoms with Gasteiger partial charge in [-0.1, -0.05) is 6.07 Å². The van der Waals surface area contributed by atoms with Crippen LogP contribution in [0, 0.1) is 17.5 Å². The average Bonchev–Trinajstić information content (AvgIpc) is 1.61. The van der Waals surface area contributed by atoms with Crippen molar-refractivity contribution in [2.45, 2.75) is 111 Å². The summed E-state index contributed by atoms with van der Waals surface area (Å²) in [5, 5.41) is 3.17. The molecule has 12 heterocycles. The van der Waals surface area contributed by atoms with Crippen molar-refractivity contribution >= 4 is 63.1 Å². The van der Waals surface area contributed by atoms with E-state index < -0.39 is 0 Å². The zero-order chi connectivity index (χ0) is 66.2. The zero-order valence-electron chi connectivity index (χ0n) is 56.1. The molecule has 6 aromatic rings. The molecule has 9 aliphatic rings. The van der Waals surface area contributed by atoms with E-state index in [4.69, 9.17) is 0 Å². The molecule has 9 aliphatic heterocycles. The molecule has 23 heteroatoms. The molecule has 3 aromatic carbocycles. The number of likely N-dealkylation sites (tertiary alicyclic amines) is 3. The fourth-order valence-electron chi connectivity index (χ4n) is 17.1. The molecule has 0 radical (unpaired) electrons. The molecule has 506 valence electrons. The number of hydrogen-bond donors (Lipinski definition) is 0. The number of anilines is 6. The first kappa shape index (κ1) is 66.0. The quantitative estimate of drug-likeness (QED) is 0.156. The second-order valence-corrected chi connectivity index (χ2v) is 29.3. The fraction of sp³-hybridized carbons (Fsp3) is 0.542. The van der Waals surface area contributed by atoms with E-state index in [1.54, 1.807) is 111 Å². The van der Waals surface area contributed by atoms with Crippen molar-refractivity contribution in [3.63, 3.8) is 0 Å². The Balaban J connectivity index is 0.000000129. The van der Waals surface area contributed by atoms with Gasteiger partial charge in [-0.2, -0.15) is 0 Å². The normalized spacial score (nSPS) is 21.2. The number of pyridine rings is 1. The third kappa shape index (κ3) is 13.5. The van der Waals surface area contributed by atoms with Crippen molar-refractivity contribution in [3.05, 3.63) is 143 Å². The molecule has 6 saturated heterocycles. The number of fused-ring (bicyclic) bond motifs is 6. The van der Waals surface area contributed by atoms with Crippen molar-refractivity contribution in [1.29, 1.82) is 0 Å². The van der Waals surface area contributed by atoms with Crippen LogP contribution in [0.1, 0.15) is 93.7 Å². The van der Waals surface area contributed by atoms with Gasteiger partial charge in [-0.15, -0.1) is 11.3 Å². The summed E-state index contributed by atoms with van der Waals surface area (Å²) in [5.41, 5.74) is 6.32. The lowest BCUT2D eigenvalue weighted by atomic mass is 9.74. The summed E-state index contributed by atoms with van der Waals surface area (Å²) in [6, 6.07) is 22.5. The molecule has 6 fully saturated rings. The minimum Gasteiger partial charge on any atom is -0.369 e. The molecular weight excluding hydrogens is 1230 g/mol. The van der Waals surface area contributed by atoms with Gasteiger partial charge in [0, 0.05) is 170 Å². The molecule has 3 aromatic heterocycles. The molecule has 0 bridgehead atoms. The van der Waals surface area contributed by atoms with Crippen LogP contribution in [-0.2, 0) is 16.2 Å². The Morgan fingerprint density at radius 3 is 1.16 bits per heavy atom. The Morgan fingerprint density at radius 1 is 0.453 bits per heavy atom. The van der Waals surface area contributed by atoms with E-state index in [-0.39, 0.29) is 51.8 Å². The van der Waals surface area contributed by atoms with Crippen LogP contribution >= 0.6 is 11.3 Å². The molecule has 0 atom stereocenters. The van der Waals surface area contributed by atoms with E-state index in [9.17, 15) is 27.6 Å². The second kappa shape index (κ2) is 27.9. The van der Waals surface area contributed by atoms with Gasteiger partial charge in [-0.25, -0.2) is 47.5 Å². The average molecular weight is 1320 g/mol. The monoisotopic (exact) mass is 1320 g/mol. The van der Waals surface area contributed by atoms with Gasteiger partial charge in [0.25, 0.3) is 0 Å². The van der Waals surface area contributed by atoms with Crippen LogP contribution in [0.15, 0.2) is 109 Å². The van der Waals surface area contributed by atoms with Gasteiger partial charge >= 0.3 is 18.1 Å². The third-order valence-corrected chi connectivity index (χ3v) is 23.3. The van der Waals surface area contributed by atoms with Gasteiger partial charge in [0.15, 0.2) is 5.13 Å². The number of carbonyl (C=O) groups is 3. The van der Waals surface area contributed by atoms with Gasteiger partial charge in [0.05, 0.1) is 18.1 Å². The lowest BCUT2D eigenvalue weighted by Gasteiger charge is -2.45. The van der Waals surface area contributed by atoms with Crippen molar-refractivity contribution in [2.75, 3.05) is 170 Å². The van der Waals surface area contributed by atoms with E-state index in [2.05, 4.69) is 55.4 Å². The summed E-state index contributed by atoms with van der Waals surface area (Å²) in [5.74, 6) is 0.418. The first-order valence-electron chi connectivity index (χ1n) is 34.3. The Kier molecular flexibility index (Phi) is 19.4. The van der Waals surface area contributed by atoms with Crippen molar-refractivity contribution < 1.29 is 27.6 Å². The first-order valence-corrected chi connectivity index (χ1v) is 35.2. The van der Waals surface area contributed by atoms with Gasteiger partial charge in [-0.05, 0) is 200 Å². The van der Waals surface area contributed by atoms with Crippen LogP contribution in [0.2, 0.25) is 0 Å². The number of halogens is 3. The number of rotatable bonds is 6. The van der Waals surface area contributed by atoms with E-state index in [1.165, 1.54) is 18.2 Å². The largest absolute Gasteiger partial charge is 0.369 e. The van der Waals surface area contributed by atoms with Gasteiger partial charge < -0.3 is 44.1 Å². The second-order valence-electron chi connectivity index (χ2n) is 28.5. The van der Waals surface area contributed by atoms with E-state index in [0.717, 1.165) is 206 Å². The number of thiazole rings is 1. The smallest absolute Gasteiger partial charge is 0.323 e. The number of hydrogen-bond acceptors (Lipinski definition) is 14. The van der Waals surface area contributed by atoms with Crippen LogP contribution in [-0.4, -0.2) is 226 Å². The molecule has 6 amide bonds. The first-order chi connectivity index (χ1) is 45.9. The molecule has 0 aliphatic carbocycles. The highest BCUT2D eigenvalue weighted by atomic mass is 32.1. The number of amides is 6. The molecule has 95 heavy (non-hydrogen) atoms. The lowest BCUT2D eigenvalue weighted by molar-refractivity contribution is 0.104. The van der Waals surface area contributed by atoms with Gasteiger partial charge in [0.1, 0.15) is 29.6 Å². The highest BCUT2D eigenvalue weighted by Crippen LogP contribution is 2.51. The van der Waals surface area contributed by atoms with Crippen LogP contribution in [0.4, 0.5) is 61.3 Å². The lowest BCUT2D eigenvalue weighted by Crippen LogP contribution is -2.52. The molecule has 0 unspecified atom stereocenters. The third-order valence-electron chi connectivity index (χ3n) is 22.5. The zero-order valence-corrected chi connectivity index (χ0v) is 57.0. The molecule has 0 saturated carbocycles. The maximum Gasteiger partial charge on any atom is 0.323 e. The molecular formula is C72H93F3N16O3S. The summed E-state index contributed by atoms with van der Waals surface area (Å²) in [4.78, 5) is 81.0. The summed E-state index contributed by atoms with van der Waals surface area (Å²) in [7, 11) is 10.6. The predicted molar refractivity (Wildman–Crippen MR) is 370 cm³/mol. The fourth-order valence-corrected chi connectivity index (χ4v) is 17.8. The maximum absolute atomic E-state index is 14.2. The minimum absolute atomic E-state index is 0.0262. The van der Waals surface area contributed by atoms with Crippen LogP contribution in [0.25, 0.3) is 0 Å². The Hall–Kier alpha value is -7.60. The number of urea groups is 3. The summed E-state index contributed by atoms with van der Waals surface area (Å²) >= 11 is 1.71.